The molecule has 0 bridgehead atoms. The third-order valence-corrected chi connectivity index (χ3v) is 8.88. The highest BCUT2D eigenvalue weighted by atomic mass is 35.5. The summed E-state index contributed by atoms with van der Waals surface area (Å²) >= 11 is 6.17. The molecular weight excluding hydrogens is 624 g/mol. The van der Waals surface area contributed by atoms with E-state index in [0.717, 1.165) is 10.9 Å². The number of nitrogens with zero attached hydrogens (tertiary/aromatic N) is 3. The molecule has 2 heterocycles. The number of anilines is 1. The minimum absolute atomic E-state index is 0.0168. The number of pyridine rings is 1. The fourth-order valence-corrected chi connectivity index (χ4v) is 5.48. The van der Waals surface area contributed by atoms with E-state index < -0.39 is 35.0 Å². The van der Waals surface area contributed by atoms with E-state index in [1.807, 2.05) is 24.3 Å². The number of carbonyl (C=O) groups excluding carboxylic acids is 3. The van der Waals surface area contributed by atoms with Crippen molar-refractivity contribution in [3.63, 3.8) is 0 Å². The molecule has 1 aliphatic heterocycles. The highest BCUT2D eigenvalue weighted by Gasteiger charge is 2.54. The molecular formula is C34H39ClN6O6. The van der Waals surface area contributed by atoms with Crippen molar-refractivity contribution in [2.45, 2.75) is 63.6 Å². The van der Waals surface area contributed by atoms with Crippen LogP contribution in [0.3, 0.4) is 0 Å². The SMILES string of the molecule is CN(NC(=O)[C@@H]1CCCN(C(=O)C2(NC(=O)[C@@H](O)Cc3ccccc3Cl)CC2)N1)c1ccc2ccc(/C=C/C(C)(C)C(=O)O)cc2n1. The fourth-order valence-electron chi connectivity index (χ4n) is 5.27. The zero-order chi connectivity index (χ0) is 33.9. The Morgan fingerprint density at radius 1 is 1.17 bits per heavy atom. The maximum Gasteiger partial charge on any atom is 0.312 e. The van der Waals surface area contributed by atoms with Gasteiger partial charge in [-0.1, -0.05) is 54.1 Å². The molecule has 2 atom stereocenters. The lowest BCUT2D eigenvalue weighted by Gasteiger charge is -2.36. The van der Waals surface area contributed by atoms with Gasteiger partial charge < -0.3 is 15.5 Å². The Bertz CT molecular complexity index is 1720. The van der Waals surface area contributed by atoms with Crippen LogP contribution in [-0.2, 0) is 25.6 Å². The van der Waals surface area contributed by atoms with Crippen LogP contribution >= 0.6 is 11.6 Å². The molecule has 3 aromatic rings. The topological polar surface area (TPSA) is 164 Å². The largest absolute Gasteiger partial charge is 0.481 e. The smallest absolute Gasteiger partial charge is 0.312 e. The van der Waals surface area contributed by atoms with Gasteiger partial charge in [0.15, 0.2) is 0 Å². The molecule has 2 aliphatic rings. The minimum Gasteiger partial charge on any atom is -0.481 e. The second-order valence-corrected chi connectivity index (χ2v) is 13.1. The Hall–Kier alpha value is -4.52. The molecule has 2 fully saturated rings. The van der Waals surface area contributed by atoms with E-state index in [-0.39, 0.29) is 18.2 Å². The first-order valence-electron chi connectivity index (χ1n) is 15.5. The van der Waals surface area contributed by atoms with Crippen LogP contribution in [-0.4, -0.2) is 75.2 Å². The Morgan fingerprint density at radius 2 is 1.89 bits per heavy atom. The van der Waals surface area contributed by atoms with Gasteiger partial charge in [0.05, 0.1) is 10.9 Å². The van der Waals surface area contributed by atoms with Crippen LogP contribution in [0.1, 0.15) is 50.7 Å². The van der Waals surface area contributed by atoms with Gasteiger partial charge in [-0.25, -0.2) is 10.4 Å². The highest BCUT2D eigenvalue weighted by Crippen LogP contribution is 2.38. The lowest BCUT2D eigenvalue weighted by Crippen LogP contribution is -2.63. The third-order valence-electron chi connectivity index (χ3n) is 8.51. The van der Waals surface area contributed by atoms with Crippen LogP contribution < -0.4 is 21.2 Å². The molecule has 5 rings (SSSR count). The summed E-state index contributed by atoms with van der Waals surface area (Å²) in [6, 6.07) is 15.5. The van der Waals surface area contributed by atoms with Gasteiger partial charge in [-0.15, -0.1) is 0 Å². The molecule has 248 valence electrons. The van der Waals surface area contributed by atoms with E-state index in [0.29, 0.717) is 54.1 Å². The number of halogens is 1. The summed E-state index contributed by atoms with van der Waals surface area (Å²) in [5, 5.41) is 26.8. The number of amides is 3. The van der Waals surface area contributed by atoms with E-state index in [2.05, 4.69) is 21.2 Å². The Balaban J connectivity index is 1.18. The third kappa shape index (κ3) is 7.90. The summed E-state index contributed by atoms with van der Waals surface area (Å²) in [5.41, 5.74) is 5.79. The number of nitrogens with one attached hydrogen (secondary N) is 3. The van der Waals surface area contributed by atoms with Crippen LogP contribution in [0.5, 0.6) is 0 Å². The number of fused-ring (bicyclic) bond motifs is 1. The molecule has 0 unspecified atom stereocenters. The Kier molecular flexibility index (Phi) is 9.85. The van der Waals surface area contributed by atoms with Crippen molar-refractivity contribution < 1.29 is 29.4 Å². The van der Waals surface area contributed by atoms with Crippen LogP contribution in [0.2, 0.25) is 5.02 Å². The van der Waals surface area contributed by atoms with Gasteiger partial charge in [0.25, 0.3) is 11.8 Å². The van der Waals surface area contributed by atoms with Gasteiger partial charge in [-0.3, -0.25) is 34.6 Å². The summed E-state index contributed by atoms with van der Waals surface area (Å²) < 4.78 is 0. The second-order valence-electron chi connectivity index (χ2n) is 12.7. The number of rotatable bonds is 11. The summed E-state index contributed by atoms with van der Waals surface area (Å²) in [5.74, 6) is -1.81. The quantitative estimate of drug-likeness (QED) is 0.194. The van der Waals surface area contributed by atoms with Gasteiger partial charge >= 0.3 is 5.97 Å². The number of hydrogen-bond donors (Lipinski definition) is 5. The molecule has 12 nitrogen and oxygen atoms in total. The summed E-state index contributed by atoms with van der Waals surface area (Å²) in [6.07, 6.45) is 3.93. The number of aliphatic carboxylic acids is 1. The average molecular weight is 663 g/mol. The monoisotopic (exact) mass is 662 g/mol. The highest BCUT2D eigenvalue weighted by molar-refractivity contribution is 6.31. The van der Waals surface area contributed by atoms with E-state index in [4.69, 9.17) is 11.6 Å². The van der Waals surface area contributed by atoms with Gasteiger partial charge in [-0.2, -0.15) is 0 Å². The normalized spacial score (nSPS) is 18.1. The standard InChI is InChI=1S/C34H39ClN6O6/c1-33(2,32(46)47)15-14-21-10-11-22-12-13-28(36-26(22)19-21)40(3)39-29(43)25-9-6-18-41(38-25)31(45)34(16-17-34)37-30(44)27(42)20-23-7-4-5-8-24(23)35/h4-5,7-8,10-15,19,25,27,38,42H,6,9,16-18,20H2,1-3H3,(H,37,44)(H,39,43)(H,46,47)/b15-14+/t25-,27-/m0/s1. The molecule has 0 spiro atoms. The lowest BCUT2D eigenvalue weighted by atomic mass is 9.92. The van der Waals surface area contributed by atoms with E-state index in [9.17, 15) is 29.4 Å². The van der Waals surface area contributed by atoms with Crippen LogP contribution in [0, 0.1) is 5.41 Å². The molecule has 47 heavy (non-hydrogen) atoms. The number of aliphatic hydroxyl groups is 1. The molecule has 13 heteroatoms. The maximum absolute atomic E-state index is 13.5. The number of hydrogen-bond acceptors (Lipinski definition) is 8. The first kappa shape index (κ1) is 33.8. The molecule has 3 amide bonds. The number of carboxylic acids is 1. The van der Waals surface area contributed by atoms with Gasteiger partial charge in [0.1, 0.15) is 23.5 Å². The molecule has 2 aromatic carbocycles. The predicted octanol–water partition coefficient (Wildman–Crippen LogP) is 3.23. The molecule has 5 N–H and O–H groups in total. The van der Waals surface area contributed by atoms with Crippen molar-refractivity contribution in [2.75, 3.05) is 18.6 Å². The summed E-state index contributed by atoms with van der Waals surface area (Å²) in [4.78, 5) is 55.7. The van der Waals surface area contributed by atoms with Crippen molar-refractivity contribution in [2.24, 2.45) is 5.41 Å². The number of hydrazine groups is 2. The Labute approximate surface area is 277 Å². The zero-order valence-corrected chi connectivity index (χ0v) is 27.3. The van der Waals surface area contributed by atoms with Gasteiger partial charge in [0, 0.05) is 30.4 Å². The lowest BCUT2D eigenvalue weighted by molar-refractivity contribution is -0.146. The number of carbonyl (C=O) groups is 4. The number of aliphatic hydroxyl groups excluding tert-OH is 1. The van der Waals surface area contributed by atoms with E-state index in [1.165, 1.54) is 10.0 Å². The van der Waals surface area contributed by atoms with E-state index >= 15 is 0 Å². The van der Waals surface area contributed by atoms with Crippen LogP contribution in [0.4, 0.5) is 5.82 Å². The number of benzene rings is 2. The number of carboxylic acid groups (broad SMARTS) is 1. The van der Waals surface area contributed by atoms with Crippen LogP contribution in [0.25, 0.3) is 17.0 Å². The van der Waals surface area contributed by atoms with Crippen molar-refractivity contribution in [1.82, 2.24) is 26.2 Å². The molecule has 0 radical (unpaired) electrons. The molecule has 1 saturated carbocycles. The first-order chi connectivity index (χ1) is 22.3. The van der Waals surface area contributed by atoms with Crippen LogP contribution in [0.15, 0.2) is 60.7 Å². The average Bonchev–Trinajstić information content (AvgIpc) is 3.84. The minimum atomic E-state index is -1.38. The van der Waals surface area contributed by atoms with Gasteiger partial charge in [-0.05, 0) is 74.9 Å². The van der Waals surface area contributed by atoms with Crippen molar-refractivity contribution in [1.29, 1.82) is 0 Å². The predicted molar refractivity (Wildman–Crippen MR) is 178 cm³/mol. The van der Waals surface area contributed by atoms with Crippen molar-refractivity contribution >= 4 is 58.1 Å². The molecule has 1 aliphatic carbocycles. The Morgan fingerprint density at radius 3 is 2.60 bits per heavy atom. The van der Waals surface area contributed by atoms with Crippen molar-refractivity contribution in [3.8, 4) is 0 Å². The summed E-state index contributed by atoms with van der Waals surface area (Å²) in [6.45, 7) is 3.61. The second kappa shape index (κ2) is 13.7. The molecule has 1 aromatic heterocycles. The fraction of sp³-hybridized carbons (Fsp3) is 0.382. The van der Waals surface area contributed by atoms with Gasteiger partial charge in [0.2, 0.25) is 5.91 Å². The van der Waals surface area contributed by atoms with E-state index in [1.54, 1.807) is 63.4 Å². The summed E-state index contributed by atoms with van der Waals surface area (Å²) in [7, 11) is 1.67. The number of aromatic nitrogens is 1. The maximum atomic E-state index is 13.5. The molecule has 1 saturated heterocycles. The zero-order valence-electron chi connectivity index (χ0n) is 26.5. The van der Waals surface area contributed by atoms with Crippen molar-refractivity contribution in [3.05, 3.63) is 76.8 Å². The first-order valence-corrected chi connectivity index (χ1v) is 15.9.